The lowest BCUT2D eigenvalue weighted by Gasteiger charge is -2.21. The van der Waals surface area contributed by atoms with Crippen molar-refractivity contribution in [1.29, 1.82) is 0 Å². The number of carboxylic acids is 1. The third-order valence-corrected chi connectivity index (χ3v) is 5.71. The molecule has 0 spiro atoms. The van der Waals surface area contributed by atoms with E-state index in [-0.39, 0.29) is 10.8 Å². The van der Waals surface area contributed by atoms with E-state index in [0.29, 0.717) is 0 Å². The fourth-order valence-electron chi connectivity index (χ4n) is 1.30. The molecule has 21 heavy (non-hydrogen) atoms. The SMILES string of the molecule is CC(NS(=O)(=O)c1cccs1)C(=O)NCC(C)(C)C(=O)O. The largest absolute Gasteiger partial charge is 0.481 e. The summed E-state index contributed by atoms with van der Waals surface area (Å²) in [7, 11) is -3.74. The zero-order valence-electron chi connectivity index (χ0n) is 11.9. The third-order valence-electron chi connectivity index (χ3n) is 2.77. The Kier molecular flexibility index (Phi) is 5.48. The molecular weight excluding hydrogens is 316 g/mol. The summed E-state index contributed by atoms with van der Waals surface area (Å²) >= 11 is 1.05. The second kappa shape index (κ2) is 6.54. The highest BCUT2D eigenvalue weighted by molar-refractivity contribution is 7.91. The number of thiophene rings is 1. The van der Waals surface area contributed by atoms with Crippen LogP contribution in [-0.2, 0) is 19.6 Å². The molecule has 0 aliphatic heterocycles. The molecular formula is C12H18N2O5S2. The van der Waals surface area contributed by atoms with Gasteiger partial charge in [0.25, 0.3) is 10.0 Å². The highest BCUT2D eigenvalue weighted by Gasteiger charge is 2.29. The van der Waals surface area contributed by atoms with Gasteiger partial charge in [0.05, 0.1) is 11.5 Å². The van der Waals surface area contributed by atoms with Crippen LogP contribution in [0.5, 0.6) is 0 Å². The van der Waals surface area contributed by atoms with Crippen LogP contribution in [0, 0.1) is 5.41 Å². The number of carbonyl (C=O) groups is 2. The summed E-state index contributed by atoms with van der Waals surface area (Å²) in [6, 6.07) is 2.03. The molecule has 1 aromatic rings. The van der Waals surface area contributed by atoms with Gasteiger partial charge in [-0.25, -0.2) is 8.42 Å². The molecule has 0 bridgehead atoms. The Morgan fingerprint density at radius 3 is 2.52 bits per heavy atom. The normalized spacial score (nSPS) is 13.7. The van der Waals surface area contributed by atoms with Gasteiger partial charge in [0.2, 0.25) is 5.91 Å². The molecule has 0 fully saturated rings. The minimum atomic E-state index is -3.74. The Hall–Kier alpha value is -1.45. The zero-order chi connectivity index (χ0) is 16.3. The molecule has 0 aliphatic carbocycles. The number of carboxylic acid groups (broad SMARTS) is 1. The van der Waals surface area contributed by atoms with E-state index in [1.54, 1.807) is 11.4 Å². The summed E-state index contributed by atoms with van der Waals surface area (Å²) < 4.78 is 26.3. The maximum absolute atomic E-state index is 11.9. The fourth-order valence-corrected chi connectivity index (χ4v) is 3.51. The maximum atomic E-state index is 11.9. The van der Waals surface area contributed by atoms with Crippen LogP contribution >= 0.6 is 11.3 Å². The number of aliphatic carboxylic acids is 1. The van der Waals surface area contributed by atoms with E-state index in [0.717, 1.165) is 11.3 Å². The van der Waals surface area contributed by atoms with Crippen molar-refractivity contribution in [2.45, 2.75) is 31.0 Å². The van der Waals surface area contributed by atoms with E-state index >= 15 is 0 Å². The third kappa shape index (κ3) is 4.80. The van der Waals surface area contributed by atoms with Crippen LogP contribution in [0.4, 0.5) is 0 Å². The first-order valence-corrected chi connectivity index (χ1v) is 8.49. The number of nitrogens with one attached hydrogen (secondary N) is 2. The highest BCUT2D eigenvalue weighted by Crippen LogP contribution is 2.16. The van der Waals surface area contributed by atoms with Gasteiger partial charge in [0, 0.05) is 6.54 Å². The molecule has 0 aromatic carbocycles. The molecule has 0 saturated carbocycles. The number of hydrogen-bond donors (Lipinski definition) is 3. The summed E-state index contributed by atoms with van der Waals surface area (Å²) in [4.78, 5) is 22.8. The van der Waals surface area contributed by atoms with Crippen LogP contribution in [-0.4, -0.2) is 38.0 Å². The van der Waals surface area contributed by atoms with Gasteiger partial charge in [-0.2, -0.15) is 4.72 Å². The first-order chi connectivity index (χ1) is 9.56. The van der Waals surface area contributed by atoms with Crippen LogP contribution in [0.15, 0.2) is 21.7 Å². The molecule has 7 nitrogen and oxygen atoms in total. The lowest BCUT2D eigenvalue weighted by Crippen LogP contribution is -2.48. The minimum absolute atomic E-state index is 0.0910. The summed E-state index contributed by atoms with van der Waals surface area (Å²) in [6.07, 6.45) is 0. The number of rotatable bonds is 7. The van der Waals surface area contributed by atoms with Crippen molar-refractivity contribution < 1.29 is 23.1 Å². The average molecular weight is 334 g/mol. The van der Waals surface area contributed by atoms with Crippen LogP contribution in [0.3, 0.4) is 0 Å². The molecule has 0 saturated heterocycles. The van der Waals surface area contributed by atoms with Crippen LogP contribution in [0.25, 0.3) is 0 Å². The second-order valence-corrected chi connectivity index (χ2v) is 8.07. The Labute approximate surface area is 127 Å². The van der Waals surface area contributed by atoms with Crippen molar-refractivity contribution in [1.82, 2.24) is 10.0 Å². The number of carbonyl (C=O) groups excluding carboxylic acids is 1. The van der Waals surface area contributed by atoms with Crippen LogP contribution in [0.1, 0.15) is 20.8 Å². The molecule has 1 unspecified atom stereocenters. The molecule has 1 heterocycles. The monoisotopic (exact) mass is 334 g/mol. The molecule has 0 radical (unpaired) electrons. The van der Waals surface area contributed by atoms with Crippen molar-refractivity contribution in [3.63, 3.8) is 0 Å². The van der Waals surface area contributed by atoms with Gasteiger partial charge in [0.15, 0.2) is 0 Å². The van der Waals surface area contributed by atoms with Gasteiger partial charge in [-0.1, -0.05) is 6.07 Å². The van der Waals surface area contributed by atoms with Crippen molar-refractivity contribution in [2.24, 2.45) is 5.41 Å². The van der Waals surface area contributed by atoms with E-state index in [1.165, 1.54) is 26.8 Å². The minimum Gasteiger partial charge on any atom is -0.481 e. The topological polar surface area (TPSA) is 113 Å². The van der Waals surface area contributed by atoms with E-state index in [2.05, 4.69) is 10.0 Å². The molecule has 1 atom stereocenters. The molecule has 1 amide bonds. The standard InChI is InChI=1S/C12H18N2O5S2/c1-8(10(15)13-7-12(2,3)11(16)17)14-21(18,19)9-5-4-6-20-9/h4-6,8,14H,7H2,1-3H3,(H,13,15)(H,16,17). The first kappa shape index (κ1) is 17.6. The Morgan fingerprint density at radius 2 is 2.05 bits per heavy atom. The highest BCUT2D eigenvalue weighted by atomic mass is 32.2. The summed E-state index contributed by atoms with van der Waals surface area (Å²) in [5.41, 5.74) is -1.12. The van der Waals surface area contributed by atoms with Gasteiger partial charge in [0.1, 0.15) is 4.21 Å². The fraction of sp³-hybridized carbons (Fsp3) is 0.500. The molecule has 1 aromatic heterocycles. The van der Waals surface area contributed by atoms with Gasteiger partial charge in [-0.05, 0) is 32.2 Å². The lowest BCUT2D eigenvalue weighted by atomic mass is 9.94. The Balaban J connectivity index is 2.62. The van der Waals surface area contributed by atoms with Crippen LogP contribution < -0.4 is 10.0 Å². The zero-order valence-corrected chi connectivity index (χ0v) is 13.5. The number of hydrogen-bond acceptors (Lipinski definition) is 5. The molecule has 3 N–H and O–H groups in total. The molecule has 0 aliphatic rings. The van der Waals surface area contributed by atoms with Gasteiger partial charge in [-0.15, -0.1) is 11.3 Å². The quantitative estimate of drug-likeness (QED) is 0.677. The van der Waals surface area contributed by atoms with Crippen molar-refractivity contribution in [2.75, 3.05) is 6.54 Å². The van der Waals surface area contributed by atoms with E-state index in [4.69, 9.17) is 5.11 Å². The molecule has 9 heteroatoms. The van der Waals surface area contributed by atoms with Crippen LogP contribution in [0.2, 0.25) is 0 Å². The van der Waals surface area contributed by atoms with Crippen molar-refractivity contribution >= 4 is 33.2 Å². The summed E-state index contributed by atoms with van der Waals surface area (Å²) in [5, 5.41) is 13.0. The maximum Gasteiger partial charge on any atom is 0.310 e. The van der Waals surface area contributed by atoms with E-state index in [1.807, 2.05) is 0 Å². The van der Waals surface area contributed by atoms with Gasteiger partial charge >= 0.3 is 5.97 Å². The predicted molar refractivity (Wildman–Crippen MR) is 78.5 cm³/mol. The van der Waals surface area contributed by atoms with Gasteiger partial charge in [-0.3, -0.25) is 9.59 Å². The predicted octanol–water partition coefficient (Wildman–Crippen LogP) is 0.642. The van der Waals surface area contributed by atoms with Crippen molar-refractivity contribution in [3.8, 4) is 0 Å². The number of amides is 1. The van der Waals surface area contributed by atoms with Gasteiger partial charge < -0.3 is 10.4 Å². The lowest BCUT2D eigenvalue weighted by molar-refractivity contribution is -0.146. The van der Waals surface area contributed by atoms with E-state index in [9.17, 15) is 18.0 Å². The second-order valence-electron chi connectivity index (χ2n) is 5.18. The smallest absolute Gasteiger partial charge is 0.310 e. The van der Waals surface area contributed by atoms with E-state index < -0.39 is 33.4 Å². The summed E-state index contributed by atoms with van der Waals surface area (Å²) in [6.45, 7) is 4.24. The molecule has 118 valence electrons. The average Bonchev–Trinajstić information content (AvgIpc) is 2.89. The summed E-state index contributed by atoms with van der Waals surface area (Å²) in [5.74, 6) is -1.63. The Morgan fingerprint density at radius 1 is 1.43 bits per heavy atom. The number of sulfonamides is 1. The van der Waals surface area contributed by atoms with Crippen molar-refractivity contribution in [3.05, 3.63) is 17.5 Å². The first-order valence-electron chi connectivity index (χ1n) is 6.13. The Bertz CT molecular complexity index is 608. The molecule has 1 rings (SSSR count).